The molecule has 1 atom stereocenters. The van der Waals surface area contributed by atoms with E-state index in [0.29, 0.717) is 35.4 Å². The van der Waals surface area contributed by atoms with Crippen LogP contribution in [0.5, 0.6) is 0 Å². The molecule has 0 bridgehead atoms. The number of fused-ring (bicyclic) bond motifs is 1. The van der Waals surface area contributed by atoms with Crippen molar-refractivity contribution in [2.45, 2.75) is 37.1 Å². The summed E-state index contributed by atoms with van der Waals surface area (Å²) >= 11 is 0. The van der Waals surface area contributed by atoms with Gasteiger partial charge in [0, 0.05) is 37.7 Å². The Bertz CT molecular complexity index is 932. The highest BCUT2D eigenvalue weighted by molar-refractivity contribution is 7.85. The predicted molar refractivity (Wildman–Crippen MR) is 109 cm³/mol. The standard InChI is InChI=1S/C19H24N6O2S/c1-19(2,12-26)24-17-15-14(6-11-28(15)27)22-18(23-17)25-9-4-13(5-10-25)16-20-7-3-8-21-16/h3-4,7-8,26H,5-6,9-12H2,1-2H3,(H,22,23,24)/t28-/m1/s1. The fraction of sp³-hybridized carbons (Fsp3) is 0.474. The molecule has 8 nitrogen and oxygen atoms in total. The summed E-state index contributed by atoms with van der Waals surface area (Å²) in [5, 5.41) is 12.9. The molecule has 4 rings (SSSR count). The zero-order valence-corrected chi connectivity index (χ0v) is 16.9. The molecular weight excluding hydrogens is 376 g/mol. The van der Waals surface area contributed by atoms with Crippen molar-refractivity contribution in [2.75, 3.05) is 35.7 Å². The highest BCUT2D eigenvalue weighted by Gasteiger charge is 2.30. The van der Waals surface area contributed by atoms with E-state index in [1.807, 2.05) is 19.9 Å². The van der Waals surface area contributed by atoms with Crippen molar-refractivity contribution in [2.24, 2.45) is 0 Å². The highest BCUT2D eigenvalue weighted by atomic mass is 32.2. The molecule has 0 aromatic carbocycles. The third-order valence-electron chi connectivity index (χ3n) is 4.87. The zero-order chi connectivity index (χ0) is 19.7. The largest absolute Gasteiger partial charge is 0.394 e. The van der Waals surface area contributed by atoms with Gasteiger partial charge in [-0.2, -0.15) is 4.98 Å². The Kier molecular flexibility index (Phi) is 5.11. The maximum atomic E-state index is 12.4. The third kappa shape index (κ3) is 3.77. The number of hydrogen-bond donors (Lipinski definition) is 2. The minimum absolute atomic E-state index is 0.0549. The monoisotopic (exact) mass is 400 g/mol. The van der Waals surface area contributed by atoms with Crippen molar-refractivity contribution in [3.63, 3.8) is 0 Å². The van der Waals surface area contributed by atoms with Gasteiger partial charge in [0.25, 0.3) is 0 Å². The molecule has 28 heavy (non-hydrogen) atoms. The predicted octanol–water partition coefficient (Wildman–Crippen LogP) is 1.41. The lowest BCUT2D eigenvalue weighted by Gasteiger charge is -2.29. The molecule has 0 saturated carbocycles. The van der Waals surface area contributed by atoms with Gasteiger partial charge in [-0.25, -0.2) is 15.0 Å². The first-order valence-corrected chi connectivity index (χ1v) is 10.7. The van der Waals surface area contributed by atoms with Crippen LogP contribution in [0.15, 0.2) is 29.4 Å². The summed E-state index contributed by atoms with van der Waals surface area (Å²) in [6.45, 7) is 5.14. The average molecular weight is 401 g/mol. The van der Waals surface area contributed by atoms with Gasteiger partial charge in [-0.05, 0) is 31.9 Å². The number of aliphatic hydroxyl groups excluding tert-OH is 1. The molecule has 148 valence electrons. The molecule has 2 aromatic heterocycles. The molecule has 2 aliphatic rings. The van der Waals surface area contributed by atoms with E-state index in [0.717, 1.165) is 30.1 Å². The number of nitrogens with zero attached hydrogens (tertiary/aromatic N) is 5. The SMILES string of the molecule is CC(C)(CO)Nc1nc(N2CC=C(c3ncccn3)CC2)nc2c1[S@](=O)CC2. The molecule has 0 saturated heterocycles. The van der Waals surface area contributed by atoms with Crippen molar-refractivity contribution >= 4 is 28.1 Å². The zero-order valence-electron chi connectivity index (χ0n) is 16.1. The summed E-state index contributed by atoms with van der Waals surface area (Å²) in [4.78, 5) is 20.8. The minimum Gasteiger partial charge on any atom is -0.394 e. The van der Waals surface area contributed by atoms with Crippen LogP contribution in [0.2, 0.25) is 0 Å². The van der Waals surface area contributed by atoms with Crippen LogP contribution in [-0.2, 0) is 17.2 Å². The topological polar surface area (TPSA) is 104 Å². The second-order valence-corrected chi connectivity index (χ2v) is 9.12. The number of anilines is 2. The average Bonchev–Trinajstić information content (AvgIpc) is 3.10. The van der Waals surface area contributed by atoms with E-state index < -0.39 is 16.3 Å². The number of hydrogen-bond acceptors (Lipinski definition) is 8. The lowest BCUT2D eigenvalue weighted by Crippen LogP contribution is -2.36. The number of aliphatic hydroxyl groups is 1. The second-order valence-electron chi connectivity index (χ2n) is 7.61. The summed E-state index contributed by atoms with van der Waals surface area (Å²) in [5.41, 5.74) is 1.39. The van der Waals surface area contributed by atoms with Crippen molar-refractivity contribution in [1.82, 2.24) is 19.9 Å². The number of nitrogens with one attached hydrogen (secondary N) is 1. The molecule has 0 aliphatic carbocycles. The Balaban J connectivity index is 1.62. The van der Waals surface area contributed by atoms with Gasteiger partial charge in [-0.3, -0.25) is 4.21 Å². The molecule has 0 amide bonds. The van der Waals surface area contributed by atoms with E-state index in [-0.39, 0.29) is 6.61 Å². The molecule has 0 spiro atoms. The molecule has 2 N–H and O–H groups in total. The van der Waals surface area contributed by atoms with E-state index in [4.69, 9.17) is 4.98 Å². The normalized spacial score (nSPS) is 19.3. The van der Waals surface area contributed by atoms with Crippen LogP contribution in [0.1, 0.15) is 31.8 Å². The van der Waals surface area contributed by atoms with Crippen molar-refractivity contribution in [3.8, 4) is 0 Å². The van der Waals surface area contributed by atoms with Gasteiger partial charge in [0.2, 0.25) is 5.95 Å². The first-order valence-electron chi connectivity index (χ1n) is 9.36. The van der Waals surface area contributed by atoms with Gasteiger partial charge in [0.15, 0.2) is 5.82 Å². The number of aryl methyl sites for hydroxylation is 1. The highest BCUT2D eigenvalue weighted by Crippen LogP contribution is 2.32. The molecule has 0 fully saturated rings. The Morgan fingerprint density at radius 1 is 1.25 bits per heavy atom. The first kappa shape index (κ1) is 18.9. The molecular formula is C19H24N6O2S. The van der Waals surface area contributed by atoms with Crippen LogP contribution in [0.3, 0.4) is 0 Å². The Morgan fingerprint density at radius 3 is 2.71 bits per heavy atom. The maximum Gasteiger partial charge on any atom is 0.227 e. The summed E-state index contributed by atoms with van der Waals surface area (Å²) in [6.07, 6.45) is 7.10. The van der Waals surface area contributed by atoms with Crippen molar-refractivity contribution in [1.29, 1.82) is 0 Å². The van der Waals surface area contributed by atoms with E-state index >= 15 is 0 Å². The summed E-state index contributed by atoms with van der Waals surface area (Å²) in [7, 11) is -1.11. The van der Waals surface area contributed by atoms with Crippen LogP contribution in [0, 0.1) is 0 Å². The Morgan fingerprint density at radius 2 is 2.04 bits per heavy atom. The smallest absolute Gasteiger partial charge is 0.227 e. The molecule has 2 aromatic rings. The lowest BCUT2D eigenvalue weighted by molar-refractivity contribution is 0.233. The van der Waals surface area contributed by atoms with E-state index in [1.54, 1.807) is 12.4 Å². The van der Waals surface area contributed by atoms with Crippen molar-refractivity contribution < 1.29 is 9.32 Å². The van der Waals surface area contributed by atoms with Gasteiger partial charge in [0.1, 0.15) is 10.7 Å². The van der Waals surface area contributed by atoms with Crippen LogP contribution in [0.4, 0.5) is 11.8 Å². The maximum absolute atomic E-state index is 12.4. The van der Waals surface area contributed by atoms with Gasteiger partial charge in [0.05, 0.1) is 28.6 Å². The summed E-state index contributed by atoms with van der Waals surface area (Å²) < 4.78 is 12.4. The van der Waals surface area contributed by atoms with Gasteiger partial charge < -0.3 is 15.3 Å². The van der Waals surface area contributed by atoms with E-state index in [1.165, 1.54) is 0 Å². The van der Waals surface area contributed by atoms with Gasteiger partial charge >= 0.3 is 0 Å². The quantitative estimate of drug-likeness (QED) is 0.776. The lowest BCUT2D eigenvalue weighted by atomic mass is 10.1. The Labute approximate surface area is 166 Å². The first-order chi connectivity index (χ1) is 13.5. The second kappa shape index (κ2) is 7.56. The van der Waals surface area contributed by atoms with Gasteiger partial charge in [-0.1, -0.05) is 6.08 Å². The van der Waals surface area contributed by atoms with Crippen LogP contribution in [0.25, 0.3) is 5.57 Å². The number of rotatable bonds is 5. The van der Waals surface area contributed by atoms with Crippen LogP contribution >= 0.6 is 0 Å². The van der Waals surface area contributed by atoms with Crippen LogP contribution < -0.4 is 10.2 Å². The van der Waals surface area contributed by atoms with Gasteiger partial charge in [-0.15, -0.1) is 0 Å². The Hall–Kier alpha value is -2.39. The van der Waals surface area contributed by atoms with Crippen LogP contribution in [-0.4, -0.2) is 60.2 Å². The molecule has 9 heteroatoms. The molecule has 0 radical (unpaired) electrons. The van der Waals surface area contributed by atoms with Crippen molar-refractivity contribution in [3.05, 3.63) is 36.1 Å². The third-order valence-corrected chi connectivity index (χ3v) is 6.33. The van der Waals surface area contributed by atoms with E-state index in [9.17, 15) is 9.32 Å². The summed E-state index contributed by atoms with van der Waals surface area (Å²) in [5.74, 6) is 2.52. The van der Waals surface area contributed by atoms with E-state index in [2.05, 4.69) is 31.2 Å². The summed E-state index contributed by atoms with van der Waals surface area (Å²) in [6, 6.07) is 1.81. The molecule has 4 heterocycles. The molecule has 0 unspecified atom stereocenters. The minimum atomic E-state index is -1.11. The molecule has 2 aliphatic heterocycles. The fourth-order valence-electron chi connectivity index (χ4n) is 3.29. The fourth-order valence-corrected chi connectivity index (χ4v) is 4.59. The number of aromatic nitrogens is 4.